The van der Waals surface area contributed by atoms with E-state index in [1.807, 2.05) is 6.07 Å². The first-order valence-corrected chi connectivity index (χ1v) is 13.2. The first-order chi connectivity index (χ1) is 15.5. The van der Waals surface area contributed by atoms with E-state index in [9.17, 15) is 10.1 Å². The molecule has 0 aliphatic carbocycles. The van der Waals surface area contributed by atoms with Gasteiger partial charge in [0.1, 0.15) is 28.5 Å². The number of hydrogen-bond acceptors (Lipinski definition) is 5. The topological polar surface area (TPSA) is 65.0 Å². The molecule has 1 unspecified atom stereocenters. The van der Waals surface area contributed by atoms with Crippen molar-refractivity contribution in [2.24, 2.45) is 0 Å². The molecule has 1 saturated heterocycles. The molecule has 0 saturated carbocycles. The van der Waals surface area contributed by atoms with Gasteiger partial charge >= 0.3 is 0 Å². The van der Waals surface area contributed by atoms with E-state index in [2.05, 4.69) is 47.6 Å². The number of fused-ring (bicyclic) bond motifs is 1. The number of benzene rings is 1. The van der Waals surface area contributed by atoms with Crippen LogP contribution in [0.2, 0.25) is 0 Å². The summed E-state index contributed by atoms with van der Waals surface area (Å²) in [5.41, 5.74) is 3.09. The normalized spacial score (nSPS) is 18.6. The summed E-state index contributed by atoms with van der Waals surface area (Å²) in [6.45, 7) is 6.89. The largest absolute Gasteiger partial charge is 0.346 e. The van der Waals surface area contributed by atoms with Crippen LogP contribution in [0.1, 0.15) is 21.6 Å². The Hall–Kier alpha value is -1.96. The third-order valence-electron chi connectivity index (χ3n) is 6.09. The van der Waals surface area contributed by atoms with E-state index in [1.54, 1.807) is 11.3 Å². The molecule has 1 amide bonds. The molecule has 1 aromatic carbocycles. The molecule has 1 fully saturated rings. The molecule has 6 nitrogen and oxygen atoms in total. The van der Waals surface area contributed by atoms with Crippen LogP contribution in [0.3, 0.4) is 0 Å². The first-order valence-electron chi connectivity index (χ1n) is 11.0. The number of rotatable bonds is 5. The Kier molecular flexibility index (Phi) is 7.81. The van der Waals surface area contributed by atoms with Crippen molar-refractivity contribution in [2.45, 2.75) is 19.5 Å². The van der Waals surface area contributed by atoms with Gasteiger partial charge in [-0.3, -0.25) is 4.79 Å². The Morgan fingerprint density at radius 1 is 1.28 bits per heavy atom. The summed E-state index contributed by atoms with van der Waals surface area (Å²) in [6.07, 6.45) is 0.872. The summed E-state index contributed by atoms with van der Waals surface area (Å²) >= 11 is 8.50. The van der Waals surface area contributed by atoms with Crippen molar-refractivity contribution in [1.82, 2.24) is 4.90 Å². The number of piperazine rings is 1. The van der Waals surface area contributed by atoms with Crippen molar-refractivity contribution in [2.75, 3.05) is 50.8 Å². The molecule has 4 rings (SSSR count). The number of likely N-dealkylation sites (N-methyl/N-ethyl adjacent to an activating group) is 1. The van der Waals surface area contributed by atoms with E-state index in [0.29, 0.717) is 10.6 Å². The Balaban J connectivity index is 1.34. The van der Waals surface area contributed by atoms with Crippen molar-refractivity contribution in [1.29, 1.82) is 5.26 Å². The number of amides is 1. The average Bonchev–Trinajstić information content (AvgIpc) is 3.14. The highest BCUT2D eigenvalue weighted by Crippen LogP contribution is 2.34. The van der Waals surface area contributed by atoms with Crippen molar-refractivity contribution in [3.05, 3.63) is 51.9 Å². The number of nitrogens with zero attached hydrogens (tertiary/aromatic N) is 2. The van der Waals surface area contributed by atoms with E-state index < -0.39 is 0 Å². The lowest BCUT2D eigenvalue weighted by molar-refractivity contribution is -0.929. The van der Waals surface area contributed by atoms with Gasteiger partial charge in [-0.15, -0.1) is 11.3 Å². The number of thioether (sulfide) groups is 1. The lowest BCUT2D eigenvalue weighted by atomic mass is 10.0. The molecule has 2 aliphatic rings. The van der Waals surface area contributed by atoms with Gasteiger partial charge in [-0.05, 0) is 5.56 Å². The van der Waals surface area contributed by atoms with Gasteiger partial charge in [0.25, 0.3) is 0 Å². The lowest BCUT2D eigenvalue weighted by Gasteiger charge is -2.31. The average molecular weight is 488 g/mol. The standard InChI is InChI=1S/C23H27N5OS3/c1-26-9-11-28(12-10-26)23(30)31-16-21(29)25-22-19(13-24)18-7-8-27(15-20(18)32-22)14-17-5-3-2-4-6-17/h2-6H,7-12,14-16H2,1H3,(H,25,29)/p+2. The fourth-order valence-electron chi connectivity index (χ4n) is 4.23. The lowest BCUT2D eigenvalue weighted by Crippen LogP contribution is -3.12. The number of thiocarbonyl (C=S) groups is 1. The summed E-state index contributed by atoms with van der Waals surface area (Å²) in [5, 5.41) is 13.4. The number of carbonyl (C=O) groups is 1. The van der Waals surface area contributed by atoms with E-state index >= 15 is 0 Å². The molecule has 32 heavy (non-hydrogen) atoms. The van der Waals surface area contributed by atoms with Crippen molar-refractivity contribution in [3.63, 3.8) is 0 Å². The molecule has 0 bridgehead atoms. The van der Waals surface area contributed by atoms with Gasteiger partial charge in [-0.2, -0.15) is 5.26 Å². The predicted molar refractivity (Wildman–Crippen MR) is 134 cm³/mol. The van der Waals surface area contributed by atoms with E-state index in [0.717, 1.165) is 62.1 Å². The van der Waals surface area contributed by atoms with Crippen molar-refractivity contribution in [3.8, 4) is 6.07 Å². The summed E-state index contributed by atoms with van der Waals surface area (Å²) in [6, 6.07) is 12.8. The maximum absolute atomic E-state index is 12.6. The summed E-state index contributed by atoms with van der Waals surface area (Å²) < 4.78 is 0.791. The van der Waals surface area contributed by atoms with Gasteiger partial charge in [0.15, 0.2) is 0 Å². The zero-order chi connectivity index (χ0) is 22.5. The molecule has 1 atom stereocenters. The van der Waals surface area contributed by atoms with Crippen LogP contribution < -0.4 is 15.1 Å². The quantitative estimate of drug-likeness (QED) is 0.538. The molecular weight excluding hydrogens is 458 g/mol. The minimum Gasteiger partial charge on any atom is -0.346 e. The maximum atomic E-state index is 12.6. The Bertz CT molecular complexity index is 1010. The van der Waals surface area contributed by atoms with Crippen LogP contribution >= 0.6 is 35.3 Å². The van der Waals surface area contributed by atoms with Crippen molar-refractivity contribution < 1.29 is 14.6 Å². The van der Waals surface area contributed by atoms with Gasteiger partial charge in [0.2, 0.25) is 5.91 Å². The predicted octanol–water partition coefficient (Wildman–Crippen LogP) is 0.548. The molecule has 3 heterocycles. The van der Waals surface area contributed by atoms with Crippen LogP contribution in [-0.2, 0) is 24.3 Å². The van der Waals surface area contributed by atoms with E-state index in [4.69, 9.17) is 12.2 Å². The zero-order valence-corrected chi connectivity index (χ0v) is 20.7. The molecule has 0 spiro atoms. The van der Waals surface area contributed by atoms with Crippen LogP contribution in [0.4, 0.5) is 5.00 Å². The van der Waals surface area contributed by atoms with Gasteiger partial charge in [0, 0.05) is 12.0 Å². The summed E-state index contributed by atoms with van der Waals surface area (Å²) in [7, 11) is 2.19. The number of carbonyl (C=O) groups excluding carboxylic acids is 1. The SMILES string of the molecule is C[NH+]1CCN(C(=S)SCC(=O)Nc2sc3c(c2C#N)CC[NH+](Cc2ccccc2)C3)CC1. The number of anilines is 1. The van der Waals surface area contributed by atoms with Gasteiger partial charge in [-0.25, -0.2) is 0 Å². The van der Waals surface area contributed by atoms with Crippen LogP contribution in [0, 0.1) is 11.3 Å². The molecule has 0 radical (unpaired) electrons. The van der Waals surface area contributed by atoms with Crippen LogP contribution in [0.25, 0.3) is 0 Å². The first kappa shape index (κ1) is 23.2. The van der Waals surface area contributed by atoms with Gasteiger partial charge in [0.05, 0.1) is 56.0 Å². The fraction of sp³-hybridized carbons (Fsp3) is 0.435. The summed E-state index contributed by atoms with van der Waals surface area (Å²) in [5.74, 6) is 0.178. The second kappa shape index (κ2) is 10.8. The second-order valence-electron chi connectivity index (χ2n) is 8.46. The Morgan fingerprint density at radius 3 is 2.75 bits per heavy atom. The minimum atomic E-state index is -0.0966. The molecule has 2 aromatic rings. The number of nitrogens with one attached hydrogen (secondary N) is 3. The zero-order valence-electron chi connectivity index (χ0n) is 18.3. The number of nitriles is 1. The van der Waals surface area contributed by atoms with E-state index in [1.165, 1.54) is 32.0 Å². The van der Waals surface area contributed by atoms with Crippen LogP contribution in [0.15, 0.2) is 30.3 Å². The highest BCUT2D eigenvalue weighted by molar-refractivity contribution is 8.23. The van der Waals surface area contributed by atoms with Gasteiger partial charge in [-0.1, -0.05) is 54.3 Å². The highest BCUT2D eigenvalue weighted by Gasteiger charge is 2.28. The molecule has 1 aromatic heterocycles. The monoisotopic (exact) mass is 487 g/mol. The van der Waals surface area contributed by atoms with Gasteiger partial charge < -0.3 is 20.0 Å². The second-order valence-corrected chi connectivity index (χ2v) is 11.2. The van der Waals surface area contributed by atoms with Crippen molar-refractivity contribution >= 4 is 50.5 Å². The third kappa shape index (κ3) is 5.69. The van der Waals surface area contributed by atoms with E-state index in [-0.39, 0.29) is 11.7 Å². The fourth-order valence-corrected chi connectivity index (χ4v) is 6.57. The number of hydrogen-bond donors (Lipinski definition) is 3. The maximum Gasteiger partial charge on any atom is 0.235 e. The Labute approximate surface area is 203 Å². The molecule has 168 valence electrons. The minimum absolute atomic E-state index is 0.0966. The third-order valence-corrected chi connectivity index (χ3v) is 8.76. The molecule has 3 N–H and O–H groups in total. The van der Waals surface area contributed by atoms with Crippen LogP contribution in [-0.4, -0.2) is 60.7 Å². The number of thiophene rings is 1. The summed E-state index contributed by atoms with van der Waals surface area (Å²) in [4.78, 5) is 19.0. The number of quaternary nitrogens is 2. The molecular formula is C23H29N5OS3+2. The molecule has 9 heteroatoms. The Morgan fingerprint density at radius 2 is 2.03 bits per heavy atom. The molecule has 2 aliphatic heterocycles. The smallest absolute Gasteiger partial charge is 0.235 e. The van der Waals surface area contributed by atoms with Crippen LogP contribution in [0.5, 0.6) is 0 Å². The highest BCUT2D eigenvalue weighted by atomic mass is 32.2.